The molecular formula is C63H124NO8P. The third kappa shape index (κ3) is 59.8. The molecule has 0 bridgehead atoms. The second-order valence-corrected chi connectivity index (χ2v) is 24.5. The molecule has 73 heavy (non-hydrogen) atoms. The number of likely N-dealkylation sites (N-methyl/N-ethyl adjacent to an activating group) is 1. The van der Waals surface area contributed by atoms with Gasteiger partial charge in [-0.3, -0.25) is 14.2 Å². The fourth-order valence-electron chi connectivity index (χ4n) is 9.60. The van der Waals surface area contributed by atoms with Crippen LogP contribution in [0.5, 0.6) is 0 Å². The summed E-state index contributed by atoms with van der Waals surface area (Å²) in [5.74, 6) is -0.827. The highest BCUT2D eigenvalue weighted by atomic mass is 31.2. The molecule has 434 valence electrons. The second-order valence-electron chi connectivity index (χ2n) is 23.1. The van der Waals surface area contributed by atoms with Crippen molar-refractivity contribution in [2.45, 2.75) is 335 Å². The molecule has 10 heteroatoms. The number of allylic oxidation sites excluding steroid dienone is 2. The van der Waals surface area contributed by atoms with Gasteiger partial charge in [-0.15, -0.1) is 0 Å². The Morgan fingerprint density at radius 2 is 0.699 bits per heavy atom. The molecule has 2 unspecified atom stereocenters. The summed E-state index contributed by atoms with van der Waals surface area (Å²) in [4.78, 5) is 37.8. The minimum Gasteiger partial charge on any atom is -0.756 e. The number of carbonyl (C=O) groups excluding carboxylic acids is 2. The van der Waals surface area contributed by atoms with E-state index in [9.17, 15) is 19.0 Å². The van der Waals surface area contributed by atoms with Crippen LogP contribution >= 0.6 is 7.82 Å². The van der Waals surface area contributed by atoms with Crippen molar-refractivity contribution in [3.63, 3.8) is 0 Å². The summed E-state index contributed by atoms with van der Waals surface area (Å²) in [5.41, 5.74) is 0. The number of rotatable bonds is 60. The smallest absolute Gasteiger partial charge is 0.306 e. The third-order valence-corrected chi connectivity index (χ3v) is 15.5. The molecule has 9 nitrogen and oxygen atoms in total. The summed E-state index contributed by atoms with van der Waals surface area (Å²) < 4.78 is 34.1. The van der Waals surface area contributed by atoms with Crippen LogP contribution < -0.4 is 4.89 Å². The molecule has 0 fully saturated rings. The Bertz CT molecular complexity index is 1240. The van der Waals surface area contributed by atoms with Crippen molar-refractivity contribution in [3.05, 3.63) is 12.2 Å². The number of esters is 2. The van der Waals surface area contributed by atoms with Crippen molar-refractivity contribution in [2.24, 2.45) is 0 Å². The van der Waals surface area contributed by atoms with Gasteiger partial charge in [0.25, 0.3) is 7.82 Å². The number of unbranched alkanes of at least 4 members (excludes halogenated alkanes) is 44. The Hall–Kier alpha value is -1.25. The fraction of sp³-hybridized carbons (Fsp3) is 0.937. The highest BCUT2D eigenvalue weighted by Crippen LogP contribution is 2.38. The van der Waals surface area contributed by atoms with E-state index in [0.29, 0.717) is 17.4 Å². The number of carbonyl (C=O) groups is 2. The van der Waals surface area contributed by atoms with Gasteiger partial charge in [0.2, 0.25) is 0 Å². The topological polar surface area (TPSA) is 111 Å². The van der Waals surface area contributed by atoms with Crippen LogP contribution in [0.3, 0.4) is 0 Å². The molecule has 0 saturated carbocycles. The summed E-state index contributed by atoms with van der Waals surface area (Å²) in [7, 11) is 1.18. The largest absolute Gasteiger partial charge is 0.756 e. The van der Waals surface area contributed by atoms with Crippen LogP contribution in [0, 0.1) is 0 Å². The minimum atomic E-state index is -4.63. The van der Waals surface area contributed by atoms with Crippen molar-refractivity contribution in [1.82, 2.24) is 0 Å². The average Bonchev–Trinajstić information content (AvgIpc) is 3.35. The van der Waals surface area contributed by atoms with Crippen molar-refractivity contribution < 1.29 is 42.1 Å². The Balaban J connectivity index is 3.85. The van der Waals surface area contributed by atoms with Gasteiger partial charge < -0.3 is 27.9 Å². The van der Waals surface area contributed by atoms with Crippen molar-refractivity contribution in [3.8, 4) is 0 Å². The van der Waals surface area contributed by atoms with Gasteiger partial charge in [-0.25, -0.2) is 0 Å². The number of nitrogens with zero attached hydrogens (tertiary/aromatic N) is 1. The van der Waals surface area contributed by atoms with Crippen molar-refractivity contribution >= 4 is 19.8 Å². The predicted molar refractivity (Wildman–Crippen MR) is 310 cm³/mol. The molecule has 0 N–H and O–H groups in total. The Morgan fingerprint density at radius 3 is 1.03 bits per heavy atom. The first-order chi connectivity index (χ1) is 35.5. The van der Waals surface area contributed by atoms with Gasteiger partial charge in [-0.05, 0) is 38.5 Å². The molecule has 0 aliphatic rings. The SMILES string of the molecule is CCCCCC/C=C\CCCCCCCC(=O)OC(COC(=O)CCCCCCCCCCCCCCCCCCCCCCCCCCCCCCCCCCCCCC)COP(=O)([O-])OCC[N+](C)(C)C. The van der Waals surface area contributed by atoms with Gasteiger partial charge in [0.05, 0.1) is 27.7 Å². The second kappa shape index (κ2) is 55.5. The number of hydrogen-bond donors (Lipinski definition) is 0. The van der Waals surface area contributed by atoms with Gasteiger partial charge in [0.15, 0.2) is 6.10 Å². The van der Waals surface area contributed by atoms with E-state index in [1.165, 1.54) is 244 Å². The molecular weight excluding hydrogens is 930 g/mol. The average molecular weight is 1050 g/mol. The highest BCUT2D eigenvalue weighted by molar-refractivity contribution is 7.45. The zero-order valence-electron chi connectivity index (χ0n) is 49.4. The van der Waals surface area contributed by atoms with Gasteiger partial charge in [0.1, 0.15) is 19.8 Å². The van der Waals surface area contributed by atoms with Crippen LogP contribution in [0.2, 0.25) is 0 Å². The summed E-state index contributed by atoms with van der Waals surface area (Å²) in [5, 5.41) is 0. The van der Waals surface area contributed by atoms with Crippen LogP contribution in [0.4, 0.5) is 0 Å². The molecule has 0 radical (unpaired) electrons. The molecule has 2 atom stereocenters. The standard InChI is InChI=1S/C63H124NO8P/c1-6-8-10-12-14-16-18-20-21-22-23-24-25-26-27-28-29-30-31-32-33-34-35-36-37-38-39-40-41-42-44-45-47-49-51-53-55-62(65)69-59-61(60-71-73(67,68)70-58-57-64(3,4)5)72-63(66)56-54-52-50-48-46-43-19-17-15-13-11-9-7-2/h17,19,61H,6-16,18,20-60H2,1-5H3/b19-17-. The molecule has 0 aromatic carbocycles. The number of ether oxygens (including phenoxy) is 2. The van der Waals surface area contributed by atoms with E-state index in [1.807, 2.05) is 21.1 Å². The molecule has 0 saturated heterocycles. The van der Waals surface area contributed by atoms with Gasteiger partial charge >= 0.3 is 11.9 Å². The van der Waals surface area contributed by atoms with Gasteiger partial charge in [-0.2, -0.15) is 0 Å². The third-order valence-electron chi connectivity index (χ3n) is 14.5. The molecule has 0 aromatic rings. The molecule has 0 aromatic heterocycles. The van der Waals surface area contributed by atoms with Crippen LogP contribution in [0.1, 0.15) is 328 Å². The van der Waals surface area contributed by atoms with Crippen molar-refractivity contribution in [2.75, 3.05) is 47.5 Å². The molecule has 0 rings (SSSR count). The van der Waals surface area contributed by atoms with E-state index in [0.717, 1.165) is 51.4 Å². The quantitative estimate of drug-likeness (QED) is 0.0195. The van der Waals surface area contributed by atoms with Gasteiger partial charge in [0, 0.05) is 12.8 Å². The predicted octanol–water partition coefficient (Wildman–Crippen LogP) is 19.4. The molecule has 0 heterocycles. The molecule has 0 amide bonds. The first kappa shape index (κ1) is 71.8. The first-order valence-electron chi connectivity index (χ1n) is 31.9. The monoisotopic (exact) mass is 1050 g/mol. The van der Waals surface area contributed by atoms with E-state index in [2.05, 4.69) is 26.0 Å². The lowest BCUT2D eigenvalue weighted by atomic mass is 10.0. The maximum absolute atomic E-state index is 12.7. The van der Waals surface area contributed by atoms with Crippen LogP contribution in [-0.4, -0.2) is 70.0 Å². The minimum absolute atomic E-state index is 0.0289. The Labute approximate surface area is 454 Å². The zero-order valence-corrected chi connectivity index (χ0v) is 50.3. The number of phosphoric ester groups is 1. The highest BCUT2D eigenvalue weighted by Gasteiger charge is 2.22. The van der Waals surface area contributed by atoms with E-state index in [4.69, 9.17) is 18.5 Å². The number of quaternary nitrogens is 1. The van der Waals surface area contributed by atoms with Gasteiger partial charge in [-0.1, -0.05) is 289 Å². The first-order valence-corrected chi connectivity index (χ1v) is 33.4. The lowest BCUT2D eigenvalue weighted by Gasteiger charge is -2.28. The van der Waals surface area contributed by atoms with E-state index in [-0.39, 0.29) is 32.0 Å². The Kier molecular flexibility index (Phi) is 54.6. The summed E-state index contributed by atoms with van der Waals surface area (Å²) >= 11 is 0. The van der Waals surface area contributed by atoms with Crippen molar-refractivity contribution in [1.29, 1.82) is 0 Å². The summed E-state index contributed by atoms with van der Waals surface area (Å²) in [6.45, 7) is 4.26. The normalized spacial score (nSPS) is 13.2. The molecule has 0 aliphatic heterocycles. The summed E-state index contributed by atoms with van der Waals surface area (Å²) in [6.07, 6.45) is 66.0. The van der Waals surface area contributed by atoms with E-state index < -0.39 is 26.5 Å². The zero-order chi connectivity index (χ0) is 53.5. The van der Waals surface area contributed by atoms with Crippen LogP contribution in [0.25, 0.3) is 0 Å². The molecule has 0 aliphatic carbocycles. The lowest BCUT2D eigenvalue weighted by Crippen LogP contribution is -2.37. The summed E-state index contributed by atoms with van der Waals surface area (Å²) in [6, 6.07) is 0. The Morgan fingerprint density at radius 1 is 0.411 bits per heavy atom. The van der Waals surface area contributed by atoms with Crippen LogP contribution in [0.15, 0.2) is 12.2 Å². The van der Waals surface area contributed by atoms with Crippen LogP contribution in [-0.2, 0) is 32.7 Å². The maximum Gasteiger partial charge on any atom is 0.306 e. The number of hydrogen-bond acceptors (Lipinski definition) is 8. The van der Waals surface area contributed by atoms with E-state index >= 15 is 0 Å². The molecule has 0 spiro atoms. The number of phosphoric acid groups is 1. The lowest BCUT2D eigenvalue weighted by molar-refractivity contribution is -0.870. The van der Waals surface area contributed by atoms with E-state index in [1.54, 1.807) is 0 Å². The fourth-order valence-corrected chi connectivity index (χ4v) is 10.3. The maximum atomic E-state index is 12.7.